The van der Waals surface area contributed by atoms with E-state index in [2.05, 4.69) is 20.9 Å². The molecule has 0 N–H and O–H groups in total. The van der Waals surface area contributed by atoms with Gasteiger partial charge in [0.2, 0.25) is 0 Å². The molecule has 0 saturated heterocycles. The van der Waals surface area contributed by atoms with E-state index in [4.69, 9.17) is 4.74 Å². The fraction of sp³-hybridized carbons (Fsp3) is 0.222. The lowest BCUT2D eigenvalue weighted by Crippen LogP contribution is -2.26. The van der Waals surface area contributed by atoms with E-state index in [1.54, 1.807) is 23.3 Å². The minimum absolute atomic E-state index is 0.0257. The number of methoxy groups -OCH3 is 1. The molecular weight excluding hydrogens is 388 g/mol. The minimum Gasteiger partial charge on any atom is -0.497 e. The first-order valence-electron chi connectivity index (χ1n) is 7.43. The van der Waals surface area contributed by atoms with Gasteiger partial charge >= 0.3 is 0 Å². The van der Waals surface area contributed by atoms with E-state index in [0.29, 0.717) is 12.1 Å². The second kappa shape index (κ2) is 6.91. The van der Waals surface area contributed by atoms with Crippen molar-refractivity contribution in [2.75, 3.05) is 14.2 Å². The molecule has 0 fully saturated rings. The molecule has 0 radical (unpaired) electrons. The van der Waals surface area contributed by atoms with Gasteiger partial charge < -0.3 is 9.64 Å². The summed E-state index contributed by atoms with van der Waals surface area (Å²) in [7, 11) is 3.44. The van der Waals surface area contributed by atoms with E-state index >= 15 is 0 Å². The van der Waals surface area contributed by atoms with E-state index in [-0.39, 0.29) is 5.91 Å². The number of fused-ring (bicyclic) bond motifs is 1. The number of rotatable bonds is 4. The topological polar surface area (TPSA) is 42.4 Å². The Morgan fingerprint density at radius 1 is 1.29 bits per heavy atom. The Hall–Kier alpha value is -1.92. The summed E-state index contributed by atoms with van der Waals surface area (Å²) in [5, 5.41) is 0.928. The zero-order valence-electron chi connectivity index (χ0n) is 13.7. The van der Waals surface area contributed by atoms with Gasteiger partial charge in [-0.15, -0.1) is 11.3 Å². The summed E-state index contributed by atoms with van der Waals surface area (Å²) in [6, 6.07) is 11.6. The van der Waals surface area contributed by atoms with Gasteiger partial charge in [0.05, 0.1) is 34.2 Å². The number of amides is 1. The van der Waals surface area contributed by atoms with Gasteiger partial charge in [0.1, 0.15) is 5.75 Å². The number of ether oxygens (including phenoxy) is 1. The molecule has 1 aromatic carbocycles. The fourth-order valence-electron chi connectivity index (χ4n) is 2.53. The molecule has 0 unspecified atom stereocenters. The van der Waals surface area contributed by atoms with Crippen LogP contribution in [-0.4, -0.2) is 29.9 Å². The zero-order chi connectivity index (χ0) is 17.3. The second-order valence-corrected chi connectivity index (χ2v) is 8.09. The van der Waals surface area contributed by atoms with E-state index in [1.165, 1.54) is 0 Å². The lowest BCUT2D eigenvalue weighted by molar-refractivity contribution is 0.0785. The number of hydrogen-bond acceptors (Lipinski definition) is 4. The fourth-order valence-corrected chi connectivity index (χ4v) is 4.07. The SMILES string of the molecule is COc1ccc2cc(C(=O)N(C)Cc3ccc(Br)s3)c(C)nc2c1. The van der Waals surface area contributed by atoms with Gasteiger partial charge in [-0.3, -0.25) is 9.78 Å². The van der Waals surface area contributed by atoms with Crippen LogP contribution in [0.4, 0.5) is 0 Å². The highest BCUT2D eigenvalue weighted by atomic mass is 79.9. The lowest BCUT2D eigenvalue weighted by atomic mass is 10.1. The number of aryl methyl sites for hydroxylation is 1. The summed E-state index contributed by atoms with van der Waals surface area (Å²) in [5.74, 6) is 0.733. The largest absolute Gasteiger partial charge is 0.497 e. The van der Waals surface area contributed by atoms with Crippen LogP contribution in [0.3, 0.4) is 0 Å². The molecule has 3 rings (SSSR count). The Morgan fingerprint density at radius 3 is 2.75 bits per heavy atom. The zero-order valence-corrected chi connectivity index (χ0v) is 16.1. The molecule has 0 aliphatic carbocycles. The van der Waals surface area contributed by atoms with Gasteiger partial charge in [0, 0.05) is 23.4 Å². The third-order valence-corrected chi connectivity index (χ3v) is 5.42. The van der Waals surface area contributed by atoms with Crippen LogP contribution in [0.2, 0.25) is 0 Å². The van der Waals surface area contributed by atoms with Crippen LogP contribution in [0.1, 0.15) is 20.9 Å². The van der Waals surface area contributed by atoms with Crippen molar-refractivity contribution in [2.24, 2.45) is 0 Å². The average molecular weight is 405 g/mol. The average Bonchev–Trinajstić information content (AvgIpc) is 2.97. The number of carbonyl (C=O) groups excluding carboxylic acids is 1. The van der Waals surface area contributed by atoms with Crippen LogP contribution in [-0.2, 0) is 6.54 Å². The van der Waals surface area contributed by atoms with Crippen molar-refractivity contribution < 1.29 is 9.53 Å². The van der Waals surface area contributed by atoms with Crippen LogP contribution in [0.5, 0.6) is 5.75 Å². The smallest absolute Gasteiger partial charge is 0.255 e. The van der Waals surface area contributed by atoms with Crippen molar-refractivity contribution in [2.45, 2.75) is 13.5 Å². The molecule has 0 aliphatic heterocycles. The number of thiophene rings is 1. The first-order chi connectivity index (χ1) is 11.5. The van der Waals surface area contributed by atoms with Crippen molar-refractivity contribution >= 4 is 44.1 Å². The summed E-state index contributed by atoms with van der Waals surface area (Å²) >= 11 is 5.08. The van der Waals surface area contributed by atoms with Crippen LogP contribution in [0.15, 0.2) is 40.2 Å². The van der Waals surface area contributed by atoms with Crippen LogP contribution in [0.25, 0.3) is 10.9 Å². The highest BCUT2D eigenvalue weighted by Gasteiger charge is 2.17. The van der Waals surface area contributed by atoms with Gasteiger partial charge in [0.15, 0.2) is 0 Å². The number of nitrogens with zero attached hydrogens (tertiary/aromatic N) is 2. The quantitative estimate of drug-likeness (QED) is 0.635. The number of hydrogen-bond donors (Lipinski definition) is 0. The van der Waals surface area contributed by atoms with Crippen LogP contribution < -0.4 is 4.74 Å². The molecule has 2 heterocycles. The maximum atomic E-state index is 12.8. The number of halogens is 1. The standard InChI is InChI=1S/C18H17BrN2O2S/c1-11-15(8-12-4-5-13(23-3)9-16(12)20-11)18(22)21(2)10-14-6-7-17(19)24-14/h4-9H,10H2,1-3H3. The summed E-state index contributed by atoms with van der Waals surface area (Å²) in [5.41, 5.74) is 2.18. The van der Waals surface area contributed by atoms with Crippen molar-refractivity contribution in [3.8, 4) is 5.75 Å². The normalized spacial score (nSPS) is 10.8. The molecule has 2 aromatic heterocycles. The van der Waals surface area contributed by atoms with E-state index in [0.717, 1.165) is 31.0 Å². The molecule has 0 aliphatic rings. The molecule has 0 atom stereocenters. The molecule has 0 saturated carbocycles. The van der Waals surface area contributed by atoms with Gasteiger partial charge in [-0.1, -0.05) is 0 Å². The Balaban J connectivity index is 1.89. The summed E-state index contributed by atoms with van der Waals surface area (Å²) in [6.45, 7) is 2.44. The lowest BCUT2D eigenvalue weighted by Gasteiger charge is -2.18. The molecule has 124 valence electrons. The molecule has 4 nitrogen and oxygen atoms in total. The predicted octanol–water partition coefficient (Wildman–Crippen LogP) is 4.65. The molecule has 24 heavy (non-hydrogen) atoms. The Labute approximate surface area is 153 Å². The number of benzene rings is 1. The highest BCUT2D eigenvalue weighted by Crippen LogP contribution is 2.25. The summed E-state index contributed by atoms with van der Waals surface area (Å²) < 4.78 is 6.29. The summed E-state index contributed by atoms with van der Waals surface area (Å²) in [6.07, 6.45) is 0. The first-order valence-corrected chi connectivity index (χ1v) is 9.04. The monoisotopic (exact) mass is 404 g/mol. The Morgan fingerprint density at radius 2 is 2.08 bits per heavy atom. The molecule has 1 amide bonds. The van der Waals surface area contributed by atoms with E-state index in [9.17, 15) is 4.79 Å². The Kier molecular flexibility index (Phi) is 4.87. The van der Waals surface area contributed by atoms with Crippen molar-refractivity contribution in [3.05, 3.63) is 56.3 Å². The third kappa shape index (κ3) is 3.44. The van der Waals surface area contributed by atoms with Crippen molar-refractivity contribution in [1.82, 2.24) is 9.88 Å². The molecule has 3 aromatic rings. The summed E-state index contributed by atoms with van der Waals surface area (Å²) in [4.78, 5) is 20.2. The van der Waals surface area contributed by atoms with Gasteiger partial charge in [-0.05, 0) is 53.2 Å². The van der Waals surface area contributed by atoms with Gasteiger partial charge in [-0.2, -0.15) is 0 Å². The maximum absolute atomic E-state index is 12.8. The van der Waals surface area contributed by atoms with E-state index in [1.807, 2.05) is 50.4 Å². The molecular formula is C18H17BrN2O2S. The number of carbonyl (C=O) groups is 1. The first kappa shape index (κ1) is 16.9. The highest BCUT2D eigenvalue weighted by molar-refractivity contribution is 9.11. The van der Waals surface area contributed by atoms with Crippen LogP contribution in [0, 0.1) is 6.92 Å². The maximum Gasteiger partial charge on any atom is 0.255 e. The van der Waals surface area contributed by atoms with Gasteiger partial charge in [-0.25, -0.2) is 0 Å². The second-order valence-electron chi connectivity index (χ2n) is 5.55. The van der Waals surface area contributed by atoms with Gasteiger partial charge in [0.25, 0.3) is 5.91 Å². The Bertz CT molecular complexity index is 907. The number of pyridine rings is 1. The molecule has 0 bridgehead atoms. The predicted molar refractivity (Wildman–Crippen MR) is 101 cm³/mol. The molecule has 6 heteroatoms. The number of aromatic nitrogens is 1. The van der Waals surface area contributed by atoms with Crippen LogP contribution >= 0.6 is 27.3 Å². The van der Waals surface area contributed by atoms with Crippen molar-refractivity contribution in [1.29, 1.82) is 0 Å². The minimum atomic E-state index is -0.0257. The van der Waals surface area contributed by atoms with Crippen molar-refractivity contribution in [3.63, 3.8) is 0 Å². The molecule has 0 spiro atoms. The van der Waals surface area contributed by atoms with E-state index < -0.39 is 0 Å². The third-order valence-electron chi connectivity index (χ3n) is 3.81.